The topological polar surface area (TPSA) is 46.5 Å². The normalized spacial score (nSPS) is 10.3. The van der Waals surface area contributed by atoms with Crippen LogP contribution in [-0.2, 0) is 12.8 Å². The zero-order valence-electron chi connectivity index (χ0n) is 12.0. The van der Waals surface area contributed by atoms with E-state index in [1.54, 1.807) is 12.1 Å². The Morgan fingerprint density at radius 1 is 1.47 bits per heavy atom. The van der Waals surface area contributed by atoms with Gasteiger partial charge in [0.1, 0.15) is 12.4 Å². The Bertz CT molecular complexity index is 475. The van der Waals surface area contributed by atoms with Crippen LogP contribution in [0.1, 0.15) is 47.3 Å². The number of rotatable bonds is 7. The molecule has 0 amide bonds. The quantitative estimate of drug-likeness (QED) is 0.761. The van der Waals surface area contributed by atoms with Crippen molar-refractivity contribution in [3.05, 3.63) is 41.0 Å². The van der Waals surface area contributed by atoms with E-state index in [9.17, 15) is 9.90 Å². The van der Waals surface area contributed by atoms with Gasteiger partial charge in [-0.15, -0.1) is 0 Å². The highest BCUT2D eigenvalue weighted by Crippen LogP contribution is 2.31. The van der Waals surface area contributed by atoms with Gasteiger partial charge < -0.3 is 9.84 Å². The third kappa shape index (κ3) is 3.37. The molecule has 1 aromatic carbocycles. The molecule has 0 unspecified atom stereocenters. The van der Waals surface area contributed by atoms with Gasteiger partial charge in [0.05, 0.1) is 5.56 Å². The Morgan fingerprint density at radius 2 is 2.16 bits per heavy atom. The molecule has 0 spiro atoms. The number of aryl methyl sites for hydroxylation is 1. The van der Waals surface area contributed by atoms with E-state index in [4.69, 9.17) is 4.74 Å². The van der Waals surface area contributed by atoms with Crippen molar-refractivity contribution in [3.63, 3.8) is 0 Å². The van der Waals surface area contributed by atoms with Crippen LogP contribution in [0, 0.1) is 6.92 Å². The highest BCUT2D eigenvalue weighted by molar-refractivity contribution is 5.90. The SMILES string of the molecule is C=CCOc1c(CCC)cc(C(=O)O)c(C)c1CC. The minimum Gasteiger partial charge on any atom is -0.489 e. The molecule has 0 aliphatic heterocycles. The molecule has 0 aromatic heterocycles. The second-order valence-electron chi connectivity index (χ2n) is 4.52. The van der Waals surface area contributed by atoms with Gasteiger partial charge in [0, 0.05) is 0 Å². The van der Waals surface area contributed by atoms with Gasteiger partial charge in [-0.2, -0.15) is 0 Å². The van der Waals surface area contributed by atoms with Crippen molar-refractivity contribution in [2.45, 2.75) is 40.0 Å². The van der Waals surface area contributed by atoms with E-state index in [2.05, 4.69) is 13.5 Å². The first-order valence-electron chi connectivity index (χ1n) is 6.69. The number of aromatic carboxylic acids is 1. The molecule has 3 heteroatoms. The minimum absolute atomic E-state index is 0.381. The van der Waals surface area contributed by atoms with Gasteiger partial charge in [0.2, 0.25) is 0 Å². The van der Waals surface area contributed by atoms with E-state index in [1.165, 1.54) is 0 Å². The molecule has 0 bridgehead atoms. The van der Waals surface area contributed by atoms with Crippen molar-refractivity contribution in [1.29, 1.82) is 0 Å². The van der Waals surface area contributed by atoms with Crippen LogP contribution in [0.25, 0.3) is 0 Å². The van der Waals surface area contributed by atoms with E-state index in [0.717, 1.165) is 41.7 Å². The average molecular weight is 262 g/mol. The lowest BCUT2D eigenvalue weighted by Crippen LogP contribution is -2.09. The Labute approximate surface area is 114 Å². The average Bonchev–Trinajstić information content (AvgIpc) is 2.38. The van der Waals surface area contributed by atoms with Gasteiger partial charge in [-0.3, -0.25) is 0 Å². The van der Waals surface area contributed by atoms with Crippen LogP contribution < -0.4 is 4.74 Å². The van der Waals surface area contributed by atoms with Crippen molar-refractivity contribution in [2.24, 2.45) is 0 Å². The minimum atomic E-state index is -0.875. The number of benzene rings is 1. The summed E-state index contributed by atoms with van der Waals surface area (Å²) in [6, 6.07) is 1.75. The molecule has 0 aliphatic carbocycles. The number of hydrogen-bond donors (Lipinski definition) is 1. The number of carbonyl (C=O) groups is 1. The van der Waals surface area contributed by atoms with Gasteiger partial charge in [0.25, 0.3) is 0 Å². The number of hydrogen-bond acceptors (Lipinski definition) is 2. The van der Waals surface area contributed by atoms with Gasteiger partial charge in [-0.1, -0.05) is 32.9 Å². The Hall–Kier alpha value is -1.77. The molecular weight excluding hydrogens is 240 g/mol. The van der Waals surface area contributed by atoms with Crippen LogP contribution in [-0.4, -0.2) is 17.7 Å². The van der Waals surface area contributed by atoms with Crippen molar-refractivity contribution < 1.29 is 14.6 Å². The molecule has 0 saturated carbocycles. The molecule has 1 aromatic rings. The number of ether oxygens (including phenoxy) is 1. The molecule has 0 fully saturated rings. The summed E-state index contributed by atoms with van der Waals surface area (Å²) >= 11 is 0. The third-order valence-electron chi connectivity index (χ3n) is 3.19. The van der Waals surface area contributed by atoms with Crippen molar-refractivity contribution in [2.75, 3.05) is 6.61 Å². The van der Waals surface area contributed by atoms with E-state index in [0.29, 0.717) is 12.2 Å². The van der Waals surface area contributed by atoms with Gasteiger partial charge in [0.15, 0.2) is 0 Å². The standard InChI is InChI=1S/C16H22O3/c1-5-8-12-10-14(16(17)18)11(4)13(7-3)15(12)19-9-6-2/h6,10H,2,5,7-9H2,1,3-4H3,(H,17,18). The summed E-state index contributed by atoms with van der Waals surface area (Å²) in [5, 5.41) is 9.29. The molecule has 19 heavy (non-hydrogen) atoms. The Morgan fingerprint density at radius 3 is 2.63 bits per heavy atom. The highest BCUT2D eigenvalue weighted by Gasteiger charge is 2.18. The fraction of sp³-hybridized carbons (Fsp3) is 0.438. The first-order valence-corrected chi connectivity index (χ1v) is 6.69. The number of carboxylic acid groups (broad SMARTS) is 1. The summed E-state index contributed by atoms with van der Waals surface area (Å²) in [5.74, 6) is -0.0356. The predicted octanol–water partition coefficient (Wildman–Crippen LogP) is 3.77. The van der Waals surface area contributed by atoms with Crippen molar-refractivity contribution >= 4 is 5.97 Å². The third-order valence-corrected chi connectivity index (χ3v) is 3.19. The summed E-state index contributed by atoms with van der Waals surface area (Å²) in [6.45, 7) is 10.0. The molecular formula is C16H22O3. The molecule has 0 aliphatic rings. The maximum atomic E-state index is 11.3. The first-order chi connectivity index (χ1) is 9.06. The molecule has 0 heterocycles. The second kappa shape index (κ2) is 6.98. The fourth-order valence-corrected chi connectivity index (χ4v) is 2.30. The molecule has 0 radical (unpaired) electrons. The maximum Gasteiger partial charge on any atom is 0.335 e. The maximum absolute atomic E-state index is 11.3. The van der Waals surface area contributed by atoms with Gasteiger partial charge >= 0.3 is 5.97 Å². The predicted molar refractivity (Wildman–Crippen MR) is 77.2 cm³/mol. The van der Waals surface area contributed by atoms with E-state index < -0.39 is 5.97 Å². The zero-order chi connectivity index (χ0) is 14.4. The van der Waals surface area contributed by atoms with Crippen LogP contribution >= 0.6 is 0 Å². The largest absolute Gasteiger partial charge is 0.489 e. The molecule has 0 saturated heterocycles. The second-order valence-corrected chi connectivity index (χ2v) is 4.52. The first kappa shape index (κ1) is 15.3. The number of carboxylic acids is 1. The van der Waals surface area contributed by atoms with Gasteiger partial charge in [-0.25, -0.2) is 4.79 Å². The smallest absolute Gasteiger partial charge is 0.335 e. The molecule has 0 atom stereocenters. The Balaban J connectivity index is 3.43. The summed E-state index contributed by atoms with van der Waals surface area (Å²) in [7, 11) is 0. The Kier molecular flexibility index (Phi) is 5.61. The van der Waals surface area contributed by atoms with Crippen molar-refractivity contribution in [1.82, 2.24) is 0 Å². The fourth-order valence-electron chi connectivity index (χ4n) is 2.30. The monoisotopic (exact) mass is 262 g/mol. The molecule has 104 valence electrons. The summed E-state index contributed by atoms with van der Waals surface area (Å²) < 4.78 is 5.77. The summed E-state index contributed by atoms with van der Waals surface area (Å²) in [6.07, 6.45) is 4.24. The lowest BCUT2D eigenvalue weighted by atomic mass is 9.93. The lowest BCUT2D eigenvalue weighted by Gasteiger charge is -2.18. The highest BCUT2D eigenvalue weighted by atomic mass is 16.5. The van der Waals surface area contributed by atoms with Crippen LogP contribution in [0.3, 0.4) is 0 Å². The molecule has 3 nitrogen and oxygen atoms in total. The van der Waals surface area contributed by atoms with E-state index in [1.807, 2.05) is 13.8 Å². The van der Waals surface area contributed by atoms with Gasteiger partial charge in [-0.05, 0) is 42.5 Å². The molecule has 1 N–H and O–H groups in total. The van der Waals surface area contributed by atoms with Crippen LogP contribution in [0.15, 0.2) is 18.7 Å². The van der Waals surface area contributed by atoms with Crippen LogP contribution in [0.2, 0.25) is 0 Å². The molecule has 1 rings (SSSR count). The van der Waals surface area contributed by atoms with E-state index >= 15 is 0 Å². The van der Waals surface area contributed by atoms with Crippen molar-refractivity contribution in [3.8, 4) is 5.75 Å². The summed E-state index contributed by atoms with van der Waals surface area (Å²) in [5.41, 5.74) is 3.15. The summed E-state index contributed by atoms with van der Waals surface area (Å²) in [4.78, 5) is 11.3. The zero-order valence-corrected chi connectivity index (χ0v) is 12.0. The van der Waals surface area contributed by atoms with Crippen LogP contribution in [0.5, 0.6) is 5.75 Å². The van der Waals surface area contributed by atoms with E-state index in [-0.39, 0.29) is 0 Å². The lowest BCUT2D eigenvalue weighted by molar-refractivity contribution is 0.0696. The van der Waals surface area contributed by atoms with Crippen LogP contribution in [0.4, 0.5) is 0 Å².